The molecule has 0 heterocycles. The fraction of sp³-hybridized carbons (Fsp3) is 0.982. The maximum Gasteiger partial charge on any atom is 0.407 e. The molecule has 1 fully saturated rings. The number of alkyl carbamates (subject to hydrolysis) is 1. The van der Waals surface area contributed by atoms with E-state index in [-0.39, 0.29) is 12.2 Å². The minimum absolute atomic E-state index is 0.154. The Morgan fingerprint density at radius 3 is 1.10 bits per heavy atom. The summed E-state index contributed by atoms with van der Waals surface area (Å²) in [5.41, 5.74) is 0. The van der Waals surface area contributed by atoms with Crippen molar-refractivity contribution in [2.24, 2.45) is 23.7 Å². The van der Waals surface area contributed by atoms with Gasteiger partial charge in [0.1, 0.15) is 6.10 Å². The van der Waals surface area contributed by atoms with Crippen LogP contribution < -0.4 is 5.32 Å². The minimum Gasteiger partial charge on any atom is -0.446 e. The van der Waals surface area contributed by atoms with Crippen LogP contribution in [0.2, 0.25) is 0 Å². The summed E-state index contributed by atoms with van der Waals surface area (Å²) in [7, 11) is 0. The van der Waals surface area contributed by atoms with Crippen molar-refractivity contribution in [1.82, 2.24) is 5.32 Å². The third-order valence-electron chi connectivity index (χ3n) is 14.1. The number of unbranched alkanes of at least 4 members (excludes halogenated alkanes) is 28. The van der Waals surface area contributed by atoms with Gasteiger partial charge in [0.05, 0.1) is 0 Å². The number of carbonyl (C=O) groups excluding carboxylic acids is 1. The van der Waals surface area contributed by atoms with Crippen LogP contribution in [-0.4, -0.2) is 18.7 Å². The molecule has 1 aliphatic carbocycles. The molecular weight excluding hydrogens is 707 g/mol. The maximum atomic E-state index is 12.4. The van der Waals surface area contributed by atoms with Gasteiger partial charge in [0.15, 0.2) is 0 Å². The van der Waals surface area contributed by atoms with E-state index in [0.717, 1.165) is 49.5 Å². The fourth-order valence-corrected chi connectivity index (χ4v) is 10.3. The zero-order chi connectivity index (χ0) is 42.0. The average molecular weight is 816 g/mol. The smallest absolute Gasteiger partial charge is 0.407 e. The molecule has 1 N–H and O–H groups in total. The quantitative estimate of drug-likeness (QED) is 0.0622. The van der Waals surface area contributed by atoms with E-state index in [4.69, 9.17) is 4.74 Å². The Kier molecular flexibility index (Phi) is 40.9. The van der Waals surface area contributed by atoms with Crippen molar-refractivity contribution < 1.29 is 9.53 Å². The molecule has 58 heavy (non-hydrogen) atoms. The SMILES string of the molecule is CCCCCCCCCCCCC(C)CC(CCCCCCCCCCCC)CC(CCCCNC(=O)OC1CCCC1)CC(C)CCCCCCCCCCCC. The molecule has 1 rings (SSSR count). The Morgan fingerprint density at radius 2 is 0.741 bits per heavy atom. The van der Waals surface area contributed by atoms with Crippen LogP contribution in [0.4, 0.5) is 4.79 Å². The molecule has 0 aromatic carbocycles. The molecule has 0 radical (unpaired) electrons. The second kappa shape index (κ2) is 42.9. The van der Waals surface area contributed by atoms with Gasteiger partial charge >= 0.3 is 6.09 Å². The van der Waals surface area contributed by atoms with Gasteiger partial charge in [0, 0.05) is 6.54 Å². The molecule has 0 bridgehead atoms. The largest absolute Gasteiger partial charge is 0.446 e. The molecule has 0 saturated heterocycles. The van der Waals surface area contributed by atoms with Gasteiger partial charge in [-0.05, 0) is 75.0 Å². The number of carbonyl (C=O) groups is 1. The van der Waals surface area contributed by atoms with Crippen molar-refractivity contribution in [2.75, 3.05) is 6.54 Å². The van der Waals surface area contributed by atoms with Gasteiger partial charge in [-0.3, -0.25) is 0 Å². The lowest BCUT2D eigenvalue weighted by molar-refractivity contribution is 0.101. The summed E-state index contributed by atoms with van der Waals surface area (Å²) in [6, 6.07) is 0. The molecule has 346 valence electrons. The van der Waals surface area contributed by atoms with Gasteiger partial charge in [-0.15, -0.1) is 0 Å². The fourth-order valence-electron chi connectivity index (χ4n) is 10.3. The lowest BCUT2D eigenvalue weighted by Gasteiger charge is -2.28. The number of amides is 1. The summed E-state index contributed by atoms with van der Waals surface area (Å²) in [4.78, 5) is 12.4. The number of hydrogen-bond acceptors (Lipinski definition) is 2. The van der Waals surface area contributed by atoms with Crippen molar-refractivity contribution in [3.05, 3.63) is 0 Å². The van der Waals surface area contributed by atoms with Gasteiger partial charge < -0.3 is 10.1 Å². The Bertz CT molecular complexity index is 823. The van der Waals surface area contributed by atoms with Crippen LogP contribution in [0.5, 0.6) is 0 Å². The van der Waals surface area contributed by atoms with Crippen LogP contribution in [0.1, 0.15) is 311 Å². The van der Waals surface area contributed by atoms with Crippen LogP contribution in [0, 0.1) is 23.7 Å². The topological polar surface area (TPSA) is 38.3 Å². The summed E-state index contributed by atoms with van der Waals surface area (Å²) < 4.78 is 5.68. The van der Waals surface area contributed by atoms with E-state index in [9.17, 15) is 4.79 Å². The first-order valence-corrected chi connectivity index (χ1v) is 27.4. The molecular formula is C55H109NO2. The van der Waals surface area contributed by atoms with E-state index in [1.165, 1.54) is 257 Å². The van der Waals surface area contributed by atoms with Crippen molar-refractivity contribution in [2.45, 2.75) is 317 Å². The molecule has 0 aliphatic heterocycles. The number of hydrogen-bond donors (Lipinski definition) is 1. The summed E-state index contributed by atoms with van der Waals surface area (Å²) in [5, 5.41) is 3.10. The first-order chi connectivity index (χ1) is 28.5. The van der Waals surface area contributed by atoms with Crippen molar-refractivity contribution >= 4 is 6.09 Å². The Labute approximate surface area is 366 Å². The molecule has 0 aromatic rings. The standard InChI is InChI=1S/C55H109NO2/c1-6-9-12-15-18-21-24-27-30-33-40-50(4)47-52(42-35-32-29-26-23-20-17-14-11-8-3)49-53(43-38-39-46-56-55(57)58-54-44-36-37-45-54)48-51(5)41-34-31-28-25-22-19-16-13-10-7-2/h50-54H,6-49H2,1-5H3,(H,56,57). The predicted octanol–water partition coefficient (Wildman–Crippen LogP) is 19.4. The van der Waals surface area contributed by atoms with Crippen LogP contribution in [0.25, 0.3) is 0 Å². The summed E-state index contributed by atoms with van der Waals surface area (Å²) in [5.74, 6) is 3.42. The lowest BCUT2D eigenvalue weighted by Crippen LogP contribution is -2.28. The third-order valence-corrected chi connectivity index (χ3v) is 14.1. The van der Waals surface area contributed by atoms with E-state index in [0.29, 0.717) is 0 Å². The molecule has 0 spiro atoms. The second-order valence-electron chi connectivity index (χ2n) is 20.3. The maximum absolute atomic E-state index is 12.4. The van der Waals surface area contributed by atoms with Crippen molar-refractivity contribution in [3.63, 3.8) is 0 Å². The van der Waals surface area contributed by atoms with Crippen LogP contribution in [-0.2, 0) is 4.74 Å². The van der Waals surface area contributed by atoms with Gasteiger partial charge in [-0.2, -0.15) is 0 Å². The Hall–Kier alpha value is -0.730. The number of rotatable bonds is 45. The molecule has 1 amide bonds. The Morgan fingerprint density at radius 1 is 0.431 bits per heavy atom. The van der Waals surface area contributed by atoms with Crippen LogP contribution in [0.15, 0.2) is 0 Å². The summed E-state index contributed by atoms with van der Waals surface area (Å²) >= 11 is 0. The molecule has 0 aromatic heterocycles. The molecule has 3 heteroatoms. The highest BCUT2D eigenvalue weighted by atomic mass is 16.6. The van der Waals surface area contributed by atoms with Gasteiger partial charge in [-0.25, -0.2) is 4.79 Å². The first-order valence-electron chi connectivity index (χ1n) is 27.4. The average Bonchev–Trinajstić information content (AvgIpc) is 3.72. The van der Waals surface area contributed by atoms with Gasteiger partial charge in [0.25, 0.3) is 0 Å². The number of ether oxygens (including phenoxy) is 1. The van der Waals surface area contributed by atoms with E-state index >= 15 is 0 Å². The molecule has 3 nitrogen and oxygen atoms in total. The summed E-state index contributed by atoms with van der Waals surface area (Å²) in [6.45, 7) is 12.9. The molecule has 1 aliphatic rings. The minimum atomic E-state index is -0.179. The third kappa shape index (κ3) is 37.1. The first kappa shape index (κ1) is 55.3. The highest BCUT2D eigenvalue weighted by molar-refractivity contribution is 5.67. The van der Waals surface area contributed by atoms with Gasteiger partial charge in [0.2, 0.25) is 0 Å². The van der Waals surface area contributed by atoms with Crippen LogP contribution >= 0.6 is 0 Å². The van der Waals surface area contributed by atoms with Crippen molar-refractivity contribution in [1.29, 1.82) is 0 Å². The lowest BCUT2D eigenvalue weighted by atomic mass is 9.78. The van der Waals surface area contributed by atoms with E-state index < -0.39 is 0 Å². The zero-order valence-electron chi connectivity index (χ0n) is 40.8. The number of nitrogens with one attached hydrogen (secondary N) is 1. The van der Waals surface area contributed by atoms with Crippen LogP contribution in [0.3, 0.4) is 0 Å². The monoisotopic (exact) mass is 816 g/mol. The zero-order valence-corrected chi connectivity index (χ0v) is 40.8. The van der Waals surface area contributed by atoms with E-state index in [2.05, 4.69) is 39.9 Å². The highest BCUT2D eigenvalue weighted by Crippen LogP contribution is 2.34. The van der Waals surface area contributed by atoms with E-state index in [1.807, 2.05) is 0 Å². The van der Waals surface area contributed by atoms with E-state index in [1.54, 1.807) is 0 Å². The van der Waals surface area contributed by atoms with Crippen molar-refractivity contribution in [3.8, 4) is 0 Å². The normalized spacial score (nSPS) is 15.5. The molecule has 4 atom stereocenters. The molecule has 1 saturated carbocycles. The predicted molar refractivity (Wildman–Crippen MR) is 259 cm³/mol. The summed E-state index contributed by atoms with van der Waals surface area (Å²) in [6.07, 6.45) is 59.8. The van der Waals surface area contributed by atoms with Gasteiger partial charge in [-0.1, -0.05) is 259 Å². The molecule has 4 unspecified atom stereocenters. The highest BCUT2D eigenvalue weighted by Gasteiger charge is 2.22. The second-order valence-corrected chi connectivity index (χ2v) is 20.3. The Balaban J connectivity index is 2.66.